The molecule has 10 heteroatoms. The number of carbonyl (C=O) groups is 2. The Morgan fingerprint density at radius 1 is 1.16 bits per heavy atom. The van der Waals surface area contributed by atoms with Crippen LogP contribution in [0, 0.1) is 13.8 Å². The van der Waals surface area contributed by atoms with E-state index >= 15 is 0 Å². The van der Waals surface area contributed by atoms with Gasteiger partial charge in [0.15, 0.2) is 12.4 Å². The van der Waals surface area contributed by atoms with Gasteiger partial charge >= 0.3 is 5.97 Å². The molecular weight excluding hydrogens is 566 g/mol. The summed E-state index contributed by atoms with van der Waals surface area (Å²) >= 11 is 0. The van der Waals surface area contributed by atoms with E-state index in [1.54, 1.807) is 34.6 Å². The molecule has 4 N–H and O–H groups in total. The first-order valence-electron chi connectivity index (χ1n) is 14.2. The van der Waals surface area contributed by atoms with Gasteiger partial charge in [-0.05, 0) is 94.6 Å². The lowest BCUT2D eigenvalue weighted by molar-refractivity contribution is -0.160. The Morgan fingerprint density at radius 3 is 2.44 bits per heavy atom. The van der Waals surface area contributed by atoms with Crippen molar-refractivity contribution in [1.82, 2.24) is 5.32 Å². The van der Waals surface area contributed by atoms with Gasteiger partial charge in [-0.15, -0.1) is 0 Å². The Labute approximate surface area is 257 Å². The first kappa shape index (κ1) is 33.8. The Hall–Kier alpha value is -3.73. The van der Waals surface area contributed by atoms with Gasteiger partial charge in [-0.3, -0.25) is 4.79 Å². The van der Waals surface area contributed by atoms with Crippen LogP contribution in [0.3, 0.4) is 0 Å². The number of carboxylic acids is 1. The number of rotatable bonds is 10. The highest BCUT2D eigenvalue weighted by atomic mass is 32.2. The van der Waals surface area contributed by atoms with E-state index in [4.69, 9.17) is 9.47 Å². The molecule has 1 aliphatic rings. The van der Waals surface area contributed by atoms with Gasteiger partial charge in [-0.25, -0.2) is 9.00 Å². The first-order chi connectivity index (χ1) is 20.4. The summed E-state index contributed by atoms with van der Waals surface area (Å²) in [7, 11) is 0.500. The topological polar surface area (TPSA) is 126 Å². The van der Waals surface area contributed by atoms with Crippen molar-refractivity contribution >= 4 is 34.6 Å². The molecule has 43 heavy (non-hydrogen) atoms. The summed E-state index contributed by atoms with van der Waals surface area (Å²) in [6, 6.07) is 16.0. The number of likely N-dealkylation sites (N-methyl/N-ethyl adjacent to an activating group) is 1. The van der Waals surface area contributed by atoms with Gasteiger partial charge in [0.1, 0.15) is 23.3 Å². The number of anilines is 2. The highest BCUT2D eigenvalue weighted by Crippen LogP contribution is 2.44. The maximum Gasteiger partial charge on any atom is 0.337 e. The molecule has 1 heterocycles. The number of carbonyl (C=O) groups excluding carboxylic acids is 1. The highest BCUT2D eigenvalue weighted by Gasteiger charge is 2.34. The highest BCUT2D eigenvalue weighted by molar-refractivity contribution is 7.85. The van der Waals surface area contributed by atoms with Crippen LogP contribution in [0.5, 0.6) is 5.75 Å². The number of hydrogen-bond donors (Lipinski definition) is 4. The fourth-order valence-electron chi connectivity index (χ4n) is 4.97. The Morgan fingerprint density at radius 2 is 1.86 bits per heavy atom. The van der Waals surface area contributed by atoms with E-state index in [1.165, 1.54) is 11.8 Å². The van der Waals surface area contributed by atoms with Gasteiger partial charge in [0.05, 0.1) is 17.0 Å². The molecule has 2 atom stereocenters. The second-order valence-corrected chi connectivity index (χ2v) is 12.4. The van der Waals surface area contributed by atoms with Crippen LogP contribution in [-0.2, 0) is 26.9 Å². The minimum Gasteiger partial charge on any atom is -0.490 e. The molecule has 0 amide bonds. The van der Waals surface area contributed by atoms with Crippen LogP contribution in [0.15, 0.2) is 48.5 Å². The number of nitrogens with one attached hydrogen (secondary N) is 3. The third kappa shape index (κ3) is 8.89. The van der Waals surface area contributed by atoms with E-state index < -0.39 is 28.7 Å². The van der Waals surface area contributed by atoms with Gasteiger partial charge in [0.25, 0.3) is 0 Å². The van der Waals surface area contributed by atoms with Crippen molar-refractivity contribution in [1.29, 1.82) is 0 Å². The lowest BCUT2D eigenvalue weighted by atomic mass is 9.84. The first-order valence-corrected chi connectivity index (χ1v) is 15.8. The molecule has 0 saturated carbocycles. The van der Waals surface area contributed by atoms with Crippen LogP contribution in [0.1, 0.15) is 59.5 Å². The minimum absolute atomic E-state index is 0.322. The zero-order chi connectivity index (χ0) is 31.7. The van der Waals surface area contributed by atoms with Crippen LogP contribution in [0.4, 0.5) is 11.4 Å². The normalized spacial score (nSPS) is 13.7. The lowest BCUT2D eigenvalue weighted by Crippen LogP contribution is -2.29. The van der Waals surface area contributed by atoms with Crippen LogP contribution in [0.25, 0.3) is 11.1 Å². The molecule has 0 bridgehead atoms. The summed E-state index contributed by atoms with van der Waals surface area (Å²) in [5.74, 6) is -0.451. The fourth-order valence-corrected chi connectivity index (χ4v) is 5.52. The number of benzene rings is 3. The van der Waals surface area contributed by atoms with Crippen LogP contribution in [-0.4, -0.2) is 60.2 Å². The summed E-state index contributed by atoms with van der Waals surface area (Å²) in [5, 5.41) is 16.6. The van der Waals surface area contributed by atoms with Gasteiger partial charge < -0.3 is 29.9 Å². The van der Waals surface area contributed by atoms with E-state index in [9.17, 15) is 18.9 Å². The number of hydrogen-bond acceptors (Lipinski definition) is 7. The Bertz CT molecular complexity index is 1450. The van der Waals surface area contributed by atoms with Gasteiger partial charge in [0, 0.05) is 23.9 Å². The summed E-state index contributed by atoms with van der Waals surface area (Å²) in [5.41, 5.74) is 4.87. The second kappa shape index (κ2) is 15.1. The molecule has 0 spiro atoms. The zero-order valence-corrected chi connectivity index (χ0v) is 26.8. The Balaban J connectivity index is 0.000000428. The van der Waals surface area contributed by atoms with Crippen molar-refractivity contribution in [2.75, 3.05) is 43.0 Å². The molecule has 0 saturated heterocycles. The molecule has 3 aromatic carbocycles. The maximum atomic E-state index is 12.4. The van der Waals surface area contributed by atoms with Crippen LogP contribution in [0.2, 0.25) is 0 Å². The summed E-state index contributed by atoms with van der Waals surface area (Å²) in [6.07, 6.45) is 1.96. The van der Waals surface area contributed by atoms with E-state index in [-0.39, 0.29) is 0 Å². The number of fused-ring (bicyclic) bond motifs is 1. The lowest BCUT2D eigenvalue weighted by Gasteiger charge is -2.30. The molecule has 1 aliphatic heterocycles. The van der Waals surface area contributed by atoms with E-state index in [0.29, 0.717) is 58.7 Å². The molecular formula is C33H43N3O6S. The number of aliphatic carboxylic acids is 1. The molecule has 0 radical (unpaired) electrons. The van der Waals surface area contributed by atoms with E-state index in [1.807, 2.05) is 31.3 Å². The molecule has 0 aromatic heterocycles. The quantitative estimate of drug-likeness (QED) is 0.216. The monoisotopic (exact) mass is 609 g/mol. The molecule has 2 unspecified atom stereocenters. The number of carboxylic acid groups (broad SMARTS) is 1. The molecule has 0 fully saturated rings. The standard InChI is InChI=1S/C24H30N2O6S.C9H13N/c1-13-16(12-27)21(26-33(6)30)14(2)20(22(23(28)29)32-24(3,4)5)19(13)15-7-8-18-17(11-15)25-9-10-31-18;1-10-8-7-9-5-3-2-4-6-9/h7-8,11-12,22,25-26H,9-10H2,1-6H3,(H,28,29);2-6,10H,7-8H2,1H3. The van der Waals surface area contributed by atoms with Crippen molar-refractivity contribution in [2.45, 2.75) is 52.7 Å². The largest absolute Gasteiger partial charge is 0.490 e. The molecule has 0 aliphatic carbocycles. The van der Waals surface area contributed by atoms with Crippen LogP contribution >= 0.6 is 0 Å². The third-order valence-corrected chi connectivity index (χ3v) is 7.36. The molecule has 3 aromatic rings. The smallest absolute Gasteiger partial charge is 0.337 e. The van der Waals surface area contributed by atoms with Crippen molar-refractivity contribution in [3.63, 3.8) is 0 Å². The van der Waals surface area contributed by atoms with Crippen molar-refractivity contribution < 1.29 is 28.4 Å². The molecule has 9 nitrogen and oxygen atoms in total. The maximum absolute atomic E-state index is 12.4. The van der Waals surface area contributed by atoms with Gasteiger partial charge in [0.2, 0.25) is 0 Å². The number of aldehydes is 1. The Kier molecular flexibility index (Phi) is 11.9. The summed E-state index contributed by atoms with van der Waals surface area (Å²) < 4.78 is 26.5. The van der Waals surface area contributed by atoms with Crippen molar-refractivity contribution in [2.24, 2.45) is 0 Å². The molecule has 4 rings (SSSR count). The predicted octanol–water partition coefficient (Wildman–Crippen LogP) is 5.68. The second-order valence-electron chi connectivity index (χ2n) is 11.3. The number of ether oxygens (including phenoxy) is 2. The minimum atomic E-state index is -1.47. The third-order valence-electron chi connectivity index (χ3n) is 6.87. The zero-order valence-electron chi connectivity index (χ0n) is 26.0. The van der Waals surface area contributed by atoms with Crippen molar-refractivity contribution in [3.8, 4) is 16.9 Å². The fraction of sp³-hybridized carbons (Fsp3) is 0.394. The summed E-state index contributed by atoms with van der Waals surface area (Å²) in [4.78, 5) is 24.6. The average Bonchev–Trinajstić information content (AvgIpc) is 2.96. The predicted molar refractivity (Wildman–Crippen MR) is 174 cm³/mol. The SMILES string of the molecule is CNCCc1ccccc1.Cc1c(C=O)c(NS(C)=O)c(C)c(C(OC(C)(C)C)C(=O)O)c1-c1ccc2c(c1)NCCO2. The van der Waals surface area contributed by atoms with Crippen LogP contribution < -0.4 is 20.1 Å². The van der Waals surface area contributed by atoms with Gasteiger partial charge in [-0.1, -0.05) is 36.4 Å². The molecule has 232 valence electrons. The summed E-state index contributed by atoms with van der Waals surface area (Å²) in [6.45, 7) is 11.1. The van der Waals surface area contributed by atoms with E-state index in [0.717, 1.165) is 24.2 Å². The van der Waals surface area contributed by atoms with Gasteiger partial charge in [-0.2, -0.15) is 0 Å². The van der Waals surface area contributed by atoms with E-state index in [2.05, 4.69) is 39.6 Å². The average molecular weight is 610 g/mol. The van der Waals surface area contributed by atoms with Crippen molar-refractivity contribution in [3.05, 3.63) is 76.3 Å².